The lowest BCUT2D eigenvalue weighted by atomic mass is 10.1. The third-order valence-electron chi connectivity index (χ3n) is 4.57. The standard InChI is InChI=1S/C22H24N2O6S/c1-3-29-20(25)10-12-24(14-16-7-6-11-23-13-16)22(26)21-18(15-31(2,27)28)17-8-4-5-9-19(17)30-21/h4-9,11,13H,3,10,12,14-15H2,1-2H3. The van der Waals surface area contributed by atoms with Gasteiger partial charge in [-0.2, -0.15) is 0 Å². The van der Waals surface area contributed by atoms with Gasteiger partial charge in [-0.15, -0.1) is 0 Å². The van der Waals surface area contributed by atoms with Crippen molar-refractivity contribution in [1.82, 2.24) is 9.88 Å². The molecule has 0 atom stereocenters. The van der Waals surface area contributed by atoms with Crippen molar-refractivity contribution in [1.29, 1.82) is 0 Å². The molecule has 3 aromatic rings. The maximum atomic E-state index is 13.5. The molecule has 1 amide bonds. The maximum absolute atomic E-state index is 13.5. The summed E-state index contributed by atoms with van der Waals surface area (Å²) in [6.45, 7) is 2.23. The number of hydrogen-bond acceptors (Lipinski definition) is 7. The molecule has 0 aliphatic carbocycles. The van der Waals surface area contributed by atoms with Crippen LogP contribution in [-0.4, -0.2) is 49.6 Å². The molecular weight excluding hydrogens is 420 g/mol. The average Bonchev–Trinajstić information content (AvgIpc) is 3.08. The van der Waals surface area contributed by atoms with Gasteiger partial charge in [-0.1, -0.05) is 24.3 Å². The molecule has 31 heavy (non-hydrogen) atoms. The van der Waals surface area contributed by atoms with E-state index in [1.807, 2.05) is 6.07 Å². The summed E-state index contributed by atoms with van der Waals surface area (Å²) in [7, 11) is -3.43. The molecule has 0 fully saturated rings. The first-order valence-electron chi connectivity index (χ1n) is 9.80. The highest BCUT2D eigenvalue weighted by molar-refractivity contribution is 7.89. The minimum atomic E-state index is -3.43. The molecular formula is C22H24N2O6S. The predicted octanol–water partition coefficient (Wildman–Crippen LogP) is 2.97. The zero-order valence-corrected chi connectivity index (χ0v) is 18.2. The number of esters is 1. The van der Waals surface area contributed by atoms with E-state index in [4.69, 9.17) is 9.15 Å². The topological polar surface area (TPSA) is 107 Å². The molecule has 2 heterocycles. The molecule has 0 aliphatic rings. The number of para-hydroxylation sites is 1. The maximum Gasteiger partial charge on any atom is 0.307 e. The zero-order valence-electron chi connectivity index (χ0n) is 17.4. The lowest BCUT2D eigenvalue weighted by Crippen LogP contribution is -2.33. The fourth-order valence-corrected chi connectivity index (χ4v) is 4.06. The van der Waals surface area contributed by atoms with Crippen LogP contribution in [-0.2, 0) is 31.7 Å². The molecule has 0 saturated heterocycles. The molecule has 3 rings (SSSR count). The Morgan fingerprint density at radius 1 is 1.16 bits per heavy atom. The number of ether oxygens (including phenoxy) is 1. The SMILES string of the molecule is CCOC(=O)CCN(Cc1cccnc1)C(=O)c1oc2ccccc2c1CS(C)(=O)=O. The highest BCUT2D eigenvalue weighted by atomic mass is 32.2. The van der Waals surface area contributed by atoms with Gasteiger partial charge in [0.2, 0.25) is 0 Å². The number of furan rings is 1. The largest absolute Gasteiger partial charge is 0.466 e. The Bertz CT molecular complexity index is 1170. The van der Waals surface area contributed by atoms with Crippen LogP contribution in [0.25, 0.3) is 11.0 Å². The van der Waals surface area contributed by atoms with Gasteiger partial charge in [0.1, 0.15) is 5.58 Å². The van der Waals surface area contributed by atoms with Gasteiger partial charge < -0.3 is 14.1 Å². The predicted molar refractivity (Wildman–Crippen MR) is 115 cm³/mol. The zero-order chi connectivity index (χ0) is 22.4. The summed E-state index contributed by atoms with van der Waals surface area (Å²) in [6, 6.07) is 10.5. The Labute approximate surface area is 180 Å². The van der Waals surface area contributed by atoms with Crippen LogP contribution >= 0.6 is 0 Å². The fourth-order valence-electron chi connectivity index (χ4n) is 3.24. The number of benzene rings is 1. The lowest BCUT2D eigenvalue weighted by molar-refractivity contribution is -0.143. The Morgan fingerprint density at radius 3 is 2.61 bits per heavy atom. The van der Waals surface area contributed by atoms with Crippen molar-refractivity contribution in [3.8, 4) is 0 Å². The van der Waals surface area contributed by atoms with Crippen molar-refractivity contribution in [2.75, 3.05) is 19.4 Å². The van der Waals surface area contributed by atoms with E-state index >= 15 is 0 Å². The van der Waals surface area contributed by atoms with E-state index < -0.39 is 21.7 Å². The van der Waals surface area contributed by atoms with Crippen LogP contribution in [0.2, 0.25) is 0 Å². The summed E-state index contributed by atoms with van der Waals surface area (Å²) in [4.78, 5) is 30.8. The van der Waals surface area contributed by atoms with Crippen LogP contribution in [0.15, 0.2) is 53.2 Å². The minimum Gasteiger partial charge on any atom is -0.466 e. The van der Waals surface area contributed by atoms with Crippen LogP contribution in [0.1, 0.15) is 35.0 Å². The van der Waals surface area contributed by atoms with E-state index in [9.17, 15) is 18.0 Å². The first-order valence-corrected chi connectivity index (χ1v) is 11.9. The third kappa shape index (κ3) is 5.91. The van der Waals surface area contributed by atoms with Crippen molar-refractivity contribution >= 4 is 32.7 Å². The van der Waals surface area contributed by atoms with Gasteiger partial charge in [-0.25, -0.2) is 8.42 Å². The van der Waals surface area contributed by atoms with Gasteiger partial charge in [-0.3, -0.25) is 14.6 Å². The molecule has 0 aliphatic heterocycles. The number of hydrogen-bond donors (Lipinski definition) is 0. The van der Waals surface area contributed by atoms with Crippen molar-refractivity contribution in [2.24, 2.45) is 0 Å². The molecule has 0 radical (unpaired) electrons. The van der Waals surface area contributed by atoms with Gasteiger partial charge >= 0.3 is 5.97 Å². The van der Waals surface area contributed by atoms with Gasteiger partial charge in [0, 0.05) is 42.7 Å². The normalized spacial score (nSPS) is 11.4. The Balaban J connectivity index is 1.98. The van der Waals surface area contributed by atoms with Crippen molar-refractivity contribution in [3.63, 3.8) is 0 Å². The number of carbonyl (C=O) groups excluding carboxylic acids is 2. The fraction of sp³-hybridized carbons (Fsp3) is 0.318. The van der Waals surface area contributed by atoms with Crippen LogP contribution in [0, 0.1) is 0 Å². The second-order valence-corrected chi connectivity index (χ2v) is 9.26. The van der Waals surface area contributed by atoms with E-state index in [0.29, 0.717) is 16.5 Å². The Kier molecular flexibility index (Phi) is 7.06. The van der Waals surface area contributed by atoms with Crippen molar-refractivity contribution in [3.05, 3.63) is 65.7 Å². The van der Waals surface area contributed by atoms with E-state index in [2.05, 4.69) is 4.98 Å². The molecule has 8 nitrogen and oxygen atoms in total. The summed E-state index contributed by atoms with van der Waals surface area (Å²) in [5, 5.41) is 0.572. The van der Waals surface area contributed by atoms with Gasteiger partial charge in [-0.05, 0) is 24.6 Å². The number of aromatic nitrogens is 1. The quantitative estimate of drug-likeness (QED) is 0.467. The number of amides is 1. The second-order valence-electron chi connectivity index (χ2n) is 7.12. The average molecular weight is 445 g/mol. The third-order valence-corrected chi connectivity index (χ3v) is 5.39. The molecule has 0 bridgehead atoms. The van der Waals surface area contributed by atoms with E-state index in [0.717, 1.165) is 11.8 Å². The molecule has 0 spiro atoms. The van der Waals surface area contributed by atoms with Crippen LogP contribution in [0.4, 0.5) is 0 Å². The number of sulfone groups is 1. The van der Waals surface area contributed by atoms with Crippen LogP contribution in [0.3, 0.4) is 0 Å². The number of pyridine rings is 1. The molecule has 9 heteroatoms. The lowest BCUT2D eigenvalue weighted by Gasteiger charge is -2.22. The molecule has 0 saturated carbocycles. The first-order chi connectivity index (χ1) is 14.8. The Hall–Kier alpha value is -3.20. The molecule has 1 aromatic carbocycles. The van der Waals surface area contributed by atoms with Gasteiger partial charge in [0.05, 0.1) is 18.8 Å². The summed E-state index contributed by atoms with van der Waals surface area (Å²) in [6.07, 6.45) is 4.36. The summed E-state index contributed by atoms with van der Waals surface area (Å²) < 4.78 is 34.8. The molecule has 0 unspecified atom stereocenters. The molecule has 0 N–H and O–H groups in total. The number of nitrogens with zero attached hydrogens (tertiary/aromatic N) is 2. The monoisotopic (exact) mass is 444 g/mol. The van der Waals surface area contributed by atoms with Gasteiger partial charge in [0.15, 0.2) is 15.6 Å². The summed E-state index contributed by atoms with van der Waals surface area (Å²) in [5.74, 6) is -1.29. The Morgan fingerprint density at radius 2 is 1.94 bits per heavy atom. The van der Waals surface area contributed by atoms with E-state index in [-0.39, 0.29) is 37.6 Å². The van der Waals surface area contributed by atoms with Gasteiger partial charge in [0.25, 0.3) is 5.91 Å². The summed E-state index contributed by atoms with van der Waals surface area (Å²) >= 11 is 0. The van der Waals surface area contributed by atoms with Crippen molar-refractivity contribution < 1.29 is 27.2 Å². The number of carbonyl (C=O) groups is 2. The van der Waals surface area contributed by atoms with Crippen LogP contribution < -0.4 is 0 Å². The molecule has 164 valence electrons. The van der Waals surface area contributed by atoms with E-state index in [1.54, 1.807) is 49.6 Å². The molecule has 2 aromatic heterocycles. The smallest absolute Gasteiger partial charge is 0.307 e. The summed E-state index contributed by atoms with van der Waals surface area (Å²) in [5.41, 5.74) is 1.51. The van der Waals surface area contributed by atoms with E-state index in [1.165, 1.54) is 4.90 Å². The van der Waals surface area contributed by atoms with Crippen LogP contribution in [0.5, 0.6) is 0 Å². The highest BCUT2D eigenvalue weighted by Gasteiger charge is 2.27. The number of fused-ring (bicyclic) bond motifs is 1. The highest BCUT2D eigenvalue weighted by Crippen LogP contribution is 2.29. The second kappa shape index (κ2) is 9.74. The van der Waals surface area contributed by atoms with Crippen molar-refractivity contribution in [2.45, 2.75) is 25.6 Å². The minimum absolute atomic E-state index is 0.00147. The number of rotatable bonds is 9. The first kappa shape index (κ1) is 22.5.